The zero-order valence-corrected chi connectivity index (χ0v) is 36.1. The maximum atomic E-state index is 12.4. The van der Waals surface area contributed by atoms with Crippen molar-refractivity contribution in [3.05, 3.63) is 108 Å². The zero-order valence-electron chi connectivity index (χ0n) is 36.1. The van der Waals surface area contributed by atoms with Crippen molar-refractivity contribution in [2.24, 2.45) is 50.2 Å². The van der Waals surface area contributed by atoms with E-state index in [4.69, 9.17) is 0 Å². The molecule has 6 saturated carbocycles. The lowest BCUT2D eigenvalue weighted by molar-refractivity contribution is -0.0959. The molecule has 0 saturated heterocycles. The fourth-order valence-corrected chi connectivity index (χ4v) is 15.1. The molecule has 4 aromatic carbocycles. The van der Waals surface area contributed by atoms with Crippen molar-refractivity contribution in [2.75, 3.05) is 0 Å². The average molecular weight is 763 g/mol. The van der Waals surface area contributed by atoms with E-state index in [0.29, 0.717) is 17.8 Å². The summed E-state index contributed by atoms with van der Waals surface area (Å²) in [6, 6.07) is 33.2. The first-order valence-electron chi connectivity index (χ1n) is 22.3. The van der Waals surface area contributed by atoms with Crippen LogP contribution in [0.4, 0.5) is 0 Å². The van der Waals surface area contributed by atoms with E-state index in [1.54, 1.807) is 0 Å². The maximum Gasteiger partial charge on any atom is 0.0957 e. The van der Waals surface area contributed by atoms with Crippen molar-refractivity contribution in [3.8, 4) is 33.4 Å². The summed E-state index contributed by atoms with van der Waals surface area (Å²) < 4.78 is 0. The lowest BCUT2D eigenvalue weighted by atomic mass is 9.62. The predicted octanol–water partition coefficient (Wildman–Crippen LogP) is 12.8. The molecule has 6 aliphatic carbocycles. The van der Waals surface area contributed by atoms with Gasteiger partial charge >= 0.3 is 0 Å². The van der Waals surface area contributed by atoms with E-state index in [1.807, 2.05) is 0 Å². The maximum absolute atomic E-state index is 12.4. The Bertz CT molecular complexity index is 2270. The van der Waals surface area contributed by atoms with Crippen molar-refractivity contribution in [1.82, 2.24) is 0 Å². The molecule has 0 unspecified atom stereocenters. The van der Waals surface area contributed by atoms with Crippen molar-refractivity contribution in [2.45, 2.75) is 137 Å². The van der Waals surface area contributed by atoms with Crippen LogP contribution in [0.1, 0.15) is 137 Å². The molecule has 0 heterocycles. The molecular formula is C54H66O3. The van der Waals surface area contributed by atoms with Crippen molar-refractivity contribution < 1.29 is 15.3 Å². The largest absolute Gasteiger partial charge is 0.385 e. The van der Waals surface area contributed by atoms with Crippen molar-refractivity contribution in [1.29, 1.82) is 0 Å². The van der Waals surface area contributed by atoms with E-state index in [1.165, 1.54) is 19.3 Å². The Morgan fingerprint density at radius 1 is 0.368 bits per heavy atom. The third kappa shape index (κ3) is 4.45. The van der Waals surface area contributed by atoms with Crippen LogP contribution in [0.15, 0.2) is 91.0 Å². The summed E-state index contributed by atoms with van der Waals surface area (Å²) in [7, 11) is 0. The fraction of sp³-hybridized carbons (Fsp3) is 0.556. The number of hydrogen-bond donors (Lipinski definition) is 3. The number of hydrogen-bond acceptors (Lipinski definition) is 3. The lowest BCUT2D eigenvalue weighted by Gasteiger charge is -2.45. The molecular weight excluding hydrogens is 697 g/mol. The van der Waals surface area contributed by atoms with E-state index >= 15 is 0 Å². The Morgan fingerprint density at radius 2 is 0.667 bits per heavy atom. The first kappa shape index (κ1) is 38.0. The Kier molecular flexibility index (Phi) is 7.68. The summed E-state index contributed by atoms with van der Waals surface area (Å²) in [5, 5.41) is 37.1. The van der Waals surface area contributed by atoms with Crippen LogP contribution in [-0.4, -0.2) is 15.3 Å². The third-order valence-corrected chi connectivity index (χ3v) is 20.7. The standard InChI is InChI=1S/C54H66O3/c1-46(2)41-24-27-49(46,7)52(55,31-41)38-17-10-34(11-18-38)37-16-23-44(35-12-19-39(20-13-35)53(56)32-42-25-28-50(53,8)47(42,3)4)45(30-37)36-14-21-40(22-15-36)54(57)33-43-26-29-51(54,9)48(43,5)6/h10-23,30,41-43,55-57H,24-29,31-33H2,1-9H3/t41-,42-,43-,49-,50-,51-,52+,53+,54+/m1/s1. The quantitative estimate of drug-likeness (QED) is 0.183. The minimum Gasteiger partial charge on any atom is -0.385 e. The fourth-order valence-electron chi connectivity index (χ4n) is 15.1. The first-order valence-corrected chi connectivity index (χ1v) is 22.3. The van der Waals surface area contributed by atoms with Gasteiger partial charge in [0.2, 0.25) is 0 Å². The lowest BCUT2D eigenvalue weighted by Crippen LogP contribution is -2.44. The summed E-state index contributed by atoms with van der Waals surface area (Å²) in [4.78, 5) is 0. The molecule has 3 N–H and O–H groups in total. The van der Waals surface area contributed by atoms with E-state index in [9.17, 15) is 15.3 Å². The summed E-state index contributed by atoms with van der Waals surface area (Å²) in [5.74, 6) is 1.63. The van der Waals surface area contributed by atoms with E-state index in [2.05, 4.69) is 153 Å². The zero-order chi connectivity index (χ0) is 40.4. The van der Waals surface area contributed by atoms with Gasteiger partial charge in [-0.25, -0.2) is 0 Å². The first-order chi connectivity index (χ1) is 26.7. The molecule has 4 aromatic rings. The van der Waals surface area contributed by atoms with Gasteiger partial charge in [-0.05, 0) is 148 Å². The van der Waals surface area contributed by atoms with Crippen LogP contribution < -0.4 is 0 Å². The van der Waals surface area contributed by atoms with Gasteiger partial charge in [0.25, 0.3) is 0 Å². The molecule has 57 heavy (non-hydrogen) atoms. The van der Waals surface area contributed by atoms with E-state index < -0.39 is 16.8 Å². The van der Waals surface area contributed by atoms with Gasteiger partial charge in [-0.1, -0.05) is 147 Å². The number of benzene rings is 4. The Balaban J connectivity index is 1.03. The van der Waals surface area contributed by atoms with Gasteiger partial charge in [-0.2, -0.15) is 0 Å². The summed E-state index contributed by atoms with van der Waals surface area (Å²) in [5.41, 5.74) is 7.36. The molecule has 0 radical (unpaired) electrons. The summed E-state index contributed by atoms with van der Waals surface area (Å²) in [6.45, 7) is 21.1. The minimum atomic E-state index is -0.833. The molecule has 0 spiro atoms. The summed E-state index contributed by atoms with van der Waals surface area (Å²) in [6.07, 6.45) is 9.30. The van der Waals surface area contributed by atoms with Gasteiger partial charge in [-0.15, -0.1) is 0 Å². The Hall–Kier alpha value is -3.24. The second kappa shape index (κ2) is 11.5. The molecule has 0 aromatic heterocycles. The smallest absolute Gasteiger partial charge is 0.0957 e. The third-order valence-electron chi connectivity index (χ3n) is 20.7. The second-order valence-corrected chi connectivity index (χ2v) is 22.6. The van der Waals surface area contributed by atoms with Crippen LogP contribution in [0.5, 0.6) is 0 Å². The van der Waals surface area contributed by atoms with Crippen LogP contribution >= 0.6 is 0 Å². The minimum absolute atomic E-state index is 0.100. The Labute approximate surface area is 342 Å². The highest BCUT2D eigenvalue weighted by atomic mass is 16.3. The molecule has 9 atom stereocenters. The topological polar surface area (TPSA) is 60.7 Å². The summed E-state index contributed by atoms with van der Waals surface area (Å²) >= 11 is 0. The van der Waals surface area contributed by atoms with Gasteiger partial charge in [0, 0.05) is 16.2 Å². The molecule has 6 bridgehead atoms. The van der Waals surface area contributed by atoms with Crippen LogP contribution in [0.2, 0.25) is 0 Å². The van der Waals surface area contributed by atoms with Crippen LogP contribution in [0, 0.1) is 50.2 Å². The molecule has 0 aliphatic heterocycles. The van der Waals surface area contributed by atoms with E-state index in [0.717, 1.165) is 88.6 Å². The second-order valence-electron chi connectivity index (χ2n) is 22.6. The number of fused-ring (bicyclic) bond motifs is 6. The highest BCUT2D eigenvalue weighted by Crippen LogP contribution is 2.75. The van der Waals surface area contributed by atoms with E-state index in [-0.39, 0.29) is 32.5 Å². The molecule has 0 amide bonds. The molecule has 300 valence electrons. The van der Waals surface area contributed by atoms with Crippen molar-refractivity contribution >= 4 is 0 Å². The van der Waals surface area contributed by atoms with Gasteiger partial charge in [0.05, 0.1) is 16.8 Å². The number of rotatable bonds is 6. The SMILES string of the molecule is CC1(C)[C@@H]2CC[C@@]1(C)[C@@](O)(c1ccc(-c3ccc(-c4ccc([C@@]5(O)C[C@H]6CC[C@]5(C)C6(C)C)cc4)c(-c4ccc([C@@]5(O)C[C@H]6CC[C@]5(C)C6(C)C)cc4)c3)cc1)C2. The van der Waals surface area contributed by atoms with Gasteiger partial charge in [0.1, 0.15) is 0 Å². The van der Waals surface area contributed by atoms with Crippen LogP contribution in [0.25, 0.3) is 33.4 Å². The van der Waals surface area contributed by atoms with Gasteiger partial charge < -0.3 is 15.3 Å². The van der Waals surface area contributed by atoms with Crippen LogP contribution in [0.3, 0.4) is 0 Å². The van der Waals surface area contributed by atoms with Crippen LogP contribution in [-0.2, 0) is 16.8 Å². The highest BCUT2D eigenvalue weighted by Gasteiger charge is 2.71. The van der Waals surface area contributed by atoms with Gasteiger partial charge in [-0.3, -0.25) is 0 Å². The van der Waals surface area contributed by atoms with Gasteiger partial charge in [0.15, 0.2) is 0 Å². The Morgan fingerprint density at radius 3 is 0.965 bits per heavy atom. The molecule has 10 rings (SSSR count). The normalized spacial score (nSPS) is 40.3. The molecule has 6 fully saturated rings. The average Bonchev–Trinajstić information content (AvgIpc) is 3.81. The molecule has 3 nitrogen and oxygen atoms in total. The highest BCUT2D eigenvalue weighted by molar-refractivity contribution is 5.87. The van der Waals surface area contributed by atoms with Crippen molar-refractivity contribution in [3.63, 3.8) is 0 Å². The monoisotopic (exact) mass is 763 g/mol. The molecule has 3 heteroatoms. The predicted molar refractivity (Wildman–Crippen MR) is 232 cm³/mol. The number of aliphatic hydroxyl groups is 3. The molecule has 6 aliphatic rings.